The standard InChI is InChI=1S/C18H18N2O3/c1-11-8-17(20-23-11)19-18(21)12(2)13-4-5-15-10-16(22-3)7-6-14(15)9-13/h4-10,12H,1-3H3,(H,19,20,21)/t12-/m0/s1. The highest BCUT2D eigenvalue weighted by Crippen LogP contribution is 2.25. The van der Waals surface area contributed by atoms with E-state index in [2.05, 4.69) is 10.5 Å². The summed E-state index contributed by atoms with van der Waals surface area (Å²) in [6, 6.07) is 13.5. The highest BCUT2D eigenvalue weighted by Gasteiger charge is 2.17. The molecule has 0 unspecified atom stereocenters. The lowest BCUT2D eigenvalue weighted by Crippen LogP contribution is -2.19. The predicted octanol–water partition coefficient (Wildman–Crippen LogP) is 3.89. The molecule has 0 spiro atoms. The molecule has 0 bridgehead atoms. The topological polar surface area (TPSA) is 64.4 Å². The van der Waals surface area contributed by atoms with Gasteiger partial charge in [-0.15, -0.1) is 0 Å². The Bertz CT molecular complexity index is 854. The number of anilines is 1. The smallest absolute Gasteiger partial charge is 0.232 e. The first-order valence-electron chi connectivity index (χ1n) is 7.38. The molecule has 1 N–H and O–H groups in total. The van der Waals surface area contributed by atoms with Crippen LogP contribution in [0.5, 0.6) is 5.75 Å². The summed E-state index contributed by atoms with van der Waals surface area (Å²) in [5.74, 6) is 1.50. The van der Waals surface area contributed by atoms with Gasteiger partial charge in [-0.2, -0.15) is 0 Å². The Labute approximate surface area is 134 Å². The van der Waals surface area contributed by atoms with Crippen molar-refractivity contribution in [1.29, 1.82) is 0 Å². The van der Waals surface area contributed by atoms with E-state index in [1.54, 1.807) is 20.1 Å². The van der Waals surface area contributed by atoms with Crippen LogP contribution in [-0.4, -0.2) is 18.2 Å². The molecule has 0 saturated heterocycles. The van der Waals surface area contributed by atoms with E-state index in [-0.39, 0.29) is 11.8 Å². The Hall–Kier alpha value is -2.82. The molecule has 0 saturated carbocycles. The van der Waals surface area contributed by atoms with Crippen molar-refractivity contribution in [3.63, 3.8) is 0 Å². The van der Waals surface area contributed by atoms with Gasteiger partial charge in [-0.25, -0.2) is 0 Å². The summed E-state index contributed by atoms with van der Waals surface area (Å²) in [4.78, 5) is 12.3. The van der Waals surface area contributed by atoms with Crippen LogP contribution in [0.2, 0.25) is 0 Å². The number of aromatic nitrogens is 1. The zero-order valence-electron chi connectivity index (χ0n) is 13.3. The number of carbonyl (C=O) groups is 1. The average molecular weight is 310 g/mol. The van der Waals surface area contributed by atoms with Gasteiger partial charge in [-0.3, -0.25) is 4.79 Å². The van der Waals surface area contributed by atoms with Crippen molar-refractivity contribution < 1.29 is 14.1 Å². The van der Waals surface area contributed by atoms with Gasteiger partial charge in [0.1, 0.15) is 11.5 Å². The third kappa shape index (κ3) is 3.18. The number of hydrogen-bond donors (Lipinski definition) is 1. The lowest BCUT2D eigenvalue weighted by molar-refractivity contribution is -0.117. The first-order chi connectivity index (χ1) is 11.1. The van der Waals surface area contributed by atoms with E-state index in [1.165, 1.54) is 0 Å². The first kappa shape index (κ1) is 15.1. The number of fused-ring (bicyclic) bond motifs is 1. The van der Waals surface area contributed by atoms with Crippen LogP contribution in [0.4, 0.5) is 5.82 Å². The van der Waals surface area contributed by atoms with Crippen LogP contribution in [-0.2, 0) is 4.79 Å². The number of amides is 1. The van der Waals surface area contributed by atoms with Gasteiger partial charge in [0.05, 0.1) is 13.0 Å². The van der Waals surface area contributed by atoms with Crippen LogP contribution in [0.15, 0.2) is 47.0 Å². The van der Waals surface area contributed by atoms with E-state index in [9.17, 15) is 4.79 Å². The molecule has 3 rings (SSSR count). The van der Waals surface area contributed by atoms with Gasteiger partial charge in [0.15, 0.2) is 5.82 Å². The molecule has 0 radical (unpaired) electrons. The Balaban J connectivity index is 1.82. The number of nitrogens with one attached hydrogen (secondary N) is 1. The average Bonchev–Trinajstić information content (AvgIpc) is 2.97. The minimum Gasteiger partial charge on any atom is -0.497 e. The largest absolute Gasteiger partial charge is 0.497 e. The van der Waals surface area contributed by atoms with Crippen molar-refractivity contribution in [2.24, 2.45) is 0 Å². The number of nitrogens with zero attached hydrogens (tertiary/aromatic N) is 1. The fourth-order valence-electron chi connectivity index (χ4n) is 2.45. The number of ether oxygens (including phenoxy) is 1. The Morgan fingerprint density at radius 3 is 2.61 bits per heavy atom. The molecule has 1 atom stereocenters. The first-order valence-corrected chi connectivity index (χ1v) is 7.38. The second kappa shape index (κ2) is 6.12. The normalized spacial score (nSPS) is 12.1. The van der Waals surface area contributed by atoms with E-state index in [0.29, 0.717) is 11.6 Å². The number of hydrogen-bond acceptors (Lipinski definition) is 4. The summed E-state index contributed by atoms with van der Waals surface area (Å²) in [6.07, 6.45) is 0. The zero-order valence-corrected chi connectivity index (χ0v) is 13.3. The van der Waals surface area contributed by atoms with Gasteiger partial charge in [-0.1, -0.05) is 29.4 Å². The number of aryl methyl sites for hydroxylation is 1. The van der Waals surface area contributed by atoms with Gasteiger partial charge >= 0.3 is 0 Å². The molecule has 0 aliphatic heterocycles. The van der Waals surface area contributed by atoms with Crippen molar-refractivity contribution in [3.05, 3.63) is 53.8 Å². The maximum atomic E-state index is 12.3. The van der Waals surface area contributed by atoms with Crippen LogP contribution in [0.1, 0.15) is 24.2 Å². The van der Waals surface area contributed by atoms with E-state index in [4.69, 9.17) is 9.26 Å². The van der Waals surface area contributed by atoms with Crippen molar-refractivity contribution in [3.8, 4) is 5.75 Å². The summed E-state index contributed by atoms with van der Waals surface area (Å²) < 4.78 is 10.2. The Morgan fingerprint density at radius 1 is 1.17 bits per heavy atom. The number of rotatable bonds is 4. The lowest BCUT2D eigenvalue weighted by atomic mass is 9.97. The summed E-state index contributed by atoms with van der Waals surface area (Å²) in [5.41, 5.74) is 0.945. The van der Waals surface area contributed by atoms with E-state index >= 15 is 0 Å². The molecule has 0 aliphatic carbocycles. The van der Waals surface area contributed by atoms with Crippen LogP contribution in [0.25, 0.3) is 10.8 Å². The van der Waals surface area contributed by atoms with Crippen molar-refractivity contribution in [1.82, 2.24) is 5.16 Å². The van der Waals surface area contributed by atoms with Crippen molar-refractivity contribution in [2.75, 3.05) is 12.4 Å². The molecule has 0 aliphatic rings. The van der Waals surface area contributed by atoms with Crippen LogP contribution >= 0.6 is 0 Å². The Morgan fingerprint density at radius 2 is 1.91 bits per heavy atom. The number of carbonyl (C=O) groups excluding carboxylic acids is 1. The maximum absolute atomic E-state index is 12.3. The quantitative estimate of drug-likeness (QED) is 0.794. The second-order valence-corrected chi connectivity index (χ2v) is 5.51. The highest BCUT2D eigenvalue weighted by atomic mass is 16.5. The summed E-state index contributed by atoms with van der Waals surface area (Å²) in [7, 11) is 1.65. The SMILES string of the molecule is COc1ccc2cc([C@H](C)C(=O)Nc3cc(C)on3)ccc2c1. The molecule has 1 heterocycles. The minimum absolute atomic E-state index is 0.119. The summed E-state index contributed by atoms with van der Waals surface area (Å²) in [6.45, 7) is 3.65. The molecule has 2 aromatic carbocycles. The van der Waals surface area contributed by atoms with Gasteiger partial charge in [-0.05, 0) is 42.3 Å². The third-order valence-corrected chi connectivity index (χ3v) is 3.84. The van der Waals surface area contributed by atoms with Gasteiger partial charge < -0.3 is 14.6 Å². The molecule has 23 heavy (non-hydrogen) atoms. The molecular weight excluding hydrogens is 292 g/mol. The van der Waals surface area contributed by atoms with Crippen LogP contribution in [0, 0.1) is 6.92 Å². The number of methoxy groups -OCH3 is 1. The fourth-order valence-corrected chi connectivity index (χ4v) is 2.45. The zero-order chi connectivity index (χ0) is 16.4. The molecule has 3 aromatic rings. The molecule has 5 heteroatoms. The van der Waals surface area contributed by atoms with Gasteiger partial charge in [0.25, 0.3) is 0 Å². The third-order valence-electron chi connectivity index (χ3n) is 3.84. The summed E-state index contributed by atoms with van der Waals surface area (Å²) >= 11 is 0. The Kier molecular flexibility index (Phi) is 4.02. The van der Waals surface area contributed by atoms with E-state index < -0.39 is 0 Å². The predicted molar refractivity (Wildman–Crippen MR) is 88.8 cm³/mol. The molecular formula is C18H18N2O3. The molecule has 1 aromatic heterocycles. The number of benzene rings is 2. The summed E-state index contributed by atoms with van der Waals surface area (Å²) in [5, 5.41) is 8.69. The highest BCUT2D eigenvalue weighted by molar-refractivity contribution is 5.95. The second-order valence-electron chi connectivity index (χ2n) is 5.51. The van der Waals surface area contributed by atoms with E-state index in [0.717, 1.165) is 22.1 Å². The maximum Gasteiger partial charge on any atom is 0.232 e. The van der Waals surface area contributed by atoms with Crippen molar-refractivity contribution in [2.45, 2.75) is 19.8 Å². The van der Waals surface area contributed by atoms with Gasteiger partial charge in [0.2, 0.25) is 5.91 Å². The molecule has 0 fully saturated rings. The van der Waals surface area contributed by atoms with Crippen LogP contribution in [0.3, 0.4) is 0 Å². The molecule has 5 nitrogen and oxygen atoms in total. The molecule has 1 amide bonds. The minimum atomic E-state index is -0.293. The fraction of sp³-hybridized carbons (Fsp3) is 0.222. The molecule has 118 valence electrons. The van der Waals surface area contributed by atoms with Gasteiger partial charge in [0, 0.05) is 6.07 Å². The van der Waals surface area contributed by atoms with Crippen LogP contribution < -0.4 is 10.1 Å². The lowest BCUT2D eigenvalue weighted by Gasteiger charge is -2.12. The van der Waals surface area contributed by atoms with Crippen molar-refractivity contribution >= 4 is 22.5 Å². The monoisotopic (exact) mass is 310 g/mol. The van der Waals surface area contributed by atoms with E-state index in [1.807, 2.05) is 43.3 Å².